The Balaban J connectivity index is 3.71. The Morgan fingerprint density at radius 1 is 0.895 bits per heavy atom. The minimum absolute atomic E-state index is 0.263. The summed E-state index contributed by atoms with van der Waals surface area (Å²) in [7, 11) is 0. The average molecular weight is 290 g/mol. The Kier molecular flexibility index (Phi) is 7.94. The van der Waals surface area contributed by atoms with Gasteiger partial charge in [0.1, 0.15) is 0 Å². The number of halogens is 5. The van der Waals surface area contributed by atoms with Gasteiger partial charge in [-0.2, -0.15) is 22.0 Å². The van der Waals surface area contributed by atoms with Gasteiger partial charge >= 0.3 is 18.3 Å². The number of esters is 1. The van der Waals surface area contributed by atoms with Crippen LogP contribution in [0.4, 0.5) is 22.0 Å². The zero-order chi connectivity index (χ0) is 14.9. The minimum Gasteiger partial charge on any atom is -0.394 e. The minimum atomic E-state index is -5.86. The van der Waals surface area contributed by atoms with Crippen LogP contribution in [0.3, 0.4) is 0 Å². The molecule has 0 aromatic rings. The number of carbonyl (C=O) groups excluding carboxylic acids is 1. The highest BCUT2D eigenvalue weighted by molar-refractivity contribution is 5.69. The largest absolute Gasteiger partial charge is 0.501 e. The van der Waals surface area contributed by atoms with Gasteiger partial charge in [-0.1, -0.05) is 45.4 Å². The van der Waals surface area contributed by atoms with Gasteiger partial charge in [0.2, 0.25) is 0 Å². The maximum Gasteiger partial charge on any atom is 0.501 e. The fraction of sp³-hybridized carbons (Fsp3) is 0.917. The number of ether oxygens (including phenoxy) is 1. The Morgan fingerprint density at radius 2 is 1.37 bits per heavy atom. The van der Waals surface area contributed by atoms with E-state index in [0.29, 0.717) is 6.42 Å². The predicted molar refractivity (Wildman–Crippen MR) is 59.7 cm³/mol. The number of hydrogen-bond acceptors (Lipinski definition) is 2. The lowest BCUT2D eigenvalue weighted by atomic mass is 10.1. The van der Waals surface area contributed by atoms with E-state index < -0.39 is 24.7 Å². The zero-order valence-corrected chi connectivity index (χ0v) is 10.9. The van der Waals surface area contributed by atoms with Crippen LogP contribution in [0.2, 0.25) is 0 Å². The van der Waals surface area contributed by atoms with Crippen LogP contribution in [0.15, 0.2) is 0 Å². The monoisotopic (exact) mass is 290 g/mol. The van der Waals surface area contributed by atoms with E-state index in [4.69, 9.17) is 0 Å². The van der Waals surface area contributed by atoms with E-state index >= 15 is 0 Å². The molecule has 7 heteroatoms. The Morgan fingerprint density at radius 3 is 1.84 bits per heavy atom. The van der Waals surface area contributed by atoms with Crippen LogP contribution in [-0.2, 0) is 9.53 Å². The van der Waals surface area contributed by atoms with Crippen LogP contribution in [0.25, 0.3) is 0 Å². The summed E-state index contributed by atoms with van der Waals surface area (Å²) in [5.74, 6) is -1.52. The summed E-state index contributed by atoms with van der Waals surface area (Å²) in [6.45, 7) is 2.07. The van der Waals surface area contributed by atoms with Crippen molar-refractivity contribution in [2.24, 2.45) is 0 Å². The molecule has 114 valence electrons. The van der Waals surface area contributed by atoms with E-state index in [1.54, 1.807) is 0 Å². The molecule has 0 aromatic carbocycles. The van der Waals surface area contributed by atoms with Crippen LogP contribution >= 0.6 is 0 Å². The SMILES string of the molecule is CCCCCCCCCC(=O)OC(F)(F)C(F)(F)F. The molecule has 0 aromatic heterocycles. The topological polar surface area (TPSA) is 26.3 Å². The van der Waals surface area contributed by atoms with Gasteiger partial charge in [0.25, 0.3) is 0 Å². The van der Waals surface area contributed by atoms with Gasteiger partial charge in [-0.05, 0) is 6.42 Å². The lowest BCUT2D eigenvalue weighted by molar-refractivity contribution is -0.376. The molecular weight excluding hydrogens is 271 g/mol. The number of alkyl halides is 5. The van der Waals surface area contributed by atoms with Crippen molar-refractivity contribution in [3.8, 4) is 0 Å². The van der Waals surface area contributed by atoms with Crippen molar-refractivity contribution in [3.63, 3.8) is 0 Å². The third-order valence-corrected chi connectivity index (χ3v) is 2.56. The fourth-order valence-corrected chi connectivity index (χ4v) is 1.48. The lowest BCUT2D eigenvalue weighted by Gasteiger charge is -2.18. The highest BCUT2D eigenvalue weighted by Crippen LogP contribution is 2.36. The molecule has 0 aliphatic carbocycles. The summed E-state index contributed by atoms with van der Waals surface area (Å²) in [5.41, 5.74) is 0. The first kappa shape index (κ1) is 18.1. The molecular formula is C12H19F5O2. The summed E-state index contributed by atoms with van der Waals surface area (Å²) in [4.78, 5) is 10.8. The Labute approximate surface area is 109 Å². The Hall–Kier alpha value is -0.880. The number of rotatable bonds is 9. The summed E-state index contributed by atoms with van der Waals surface area (Å²) >= 11 is 0. The van der Waals surface area contributed by atoms with E-state index in [9.17, 15) is 26.7 Å². The van der Waals surface area contributed by atoms with Gasteiger partial charge in [0.05, 0.1) is 0 Å². The van der Waals surface area contributed by atoms with Crippen molar-refractivity contribution in [1.29, 1.82) is 0 Å². The van der Waals surface area contributed by atoms with E-state index in [-0.39, 0.29) is 6.42 Å². The van der Waals surface area contributed by atoms with Crippen LogP contribution in [0.5, 0.6) is 0 Å². The molecule has 0 heterocycles. The maximum atomic E-state index is 12.3. The summed E-state index contributed by atoms with van der Waals surface area (Å²) in [5, 5.41) is 0. The van der Waals surface area contributed by atoms with Crippen LogP contribution in [0, 0.1) is 0 Å². The maximum absolute atomic E-state index is 12.3. The van der Waals surface area contributed by atoms with Crippen LogP contribution in [-0.4, -0.2) is 18.3 Å². The molecule has 0 amide bonds. The molecule has 0 saturated carbocycles. The van der Waals surface area contributed by atoms with Gasteiger partial charge in [0.15, 0.2) is 0 Å². The van der Waals surface area contributed by atoms with E-state index in [1.165, 1.54) is 0 Å². The first-order valence-corrected chi connectivity index (χ1v) is 6.37. The first-order valence-electron chi connectivity index (χ1n) is 6.37. The van der Waals surface area contributed by atoms with Crippen molar-refractivity contribution < 1.29 is 31.5 Å². The van der Waals surface area contributed by atoms with Gasteiger partial charge in [-0.15, -0.1) is 0 Å². The van der Waals surface area contributed by atoms with Crippen LogP contribution < -0.4 is 0 Å². The standard InChI is InChI=1S/C12H19F5O2/c1-2-3-4-5-6-7-8-9-10(18)19-12(16,17)11(13,14)15/h2-9H2,1H3. The lowest BCUT2D eigenvalue weighted by Crippen LogP contribution is -2.40. The zero-order valence-electron chi connectivity index (χ0n) is 10.9. The molecule has 0 atom stereocenters. The van der Waals surface area contributed by atoms with Crippen molar-refractivity contribution in [3.05, 3.63) is 0 Å². The predicted octanol–water partition coefficient (Wildman–Crippen LogP) is 4.83. The number of hydrogen-bond donors (Lipinski definition) is 0. The van der Waals surface area contributed by atoms with Gasteiger partial charge < -0.3 is 4.74 Å². The second-order valence-corrected chi connectivity index (χ2v) is 4.36. The fourth-order valence-electron chi connectivity index (χ4n) is 1.48. The molecule has 0 N–H and O–H groups in total. The molecule has 0 unspecified atom stereocenters. The van der Waals surface area contributed by atoms with Crippen molar-refractivity contribution >= 4 is 5.97 Å². The van der Waals surface area contributed by atoms with Crippen molar-refractivity contribution in [2.45, 2.75) is 70.6 Å². The normalized spacial score (nSPS) is 12.5. The van der Waals surface area contributed by atoms with Gasteiger partial charge in [-0.25, -0.2) is 0 Å². The summed E-state index contributed by atoms with van der Waals surface area (Å²) in [6.07, 6.45) is -5.71. The molecule has 19 heavy (non-hydrogen) atoms. The summed E-state index contributed by atoms with van der Waals surface area (Å²) < 4.78 is 63.0. The van der Waals surface area contributed by atoms with E-state index in [2.05, 4.69) is 11.7 Å². The summed E-state index contributed by atoms with van der Waals surface area (Å²) in [6, 6.07) is 0. The highest BCUT2D eigenvalue weighted by atomic mass is 19.4. The van der Waals surface area contributed by atoms with Gasteiger partial charge in [0, 0.05) is 6.42 Å². The smallest absolute Gasteiger partial charge is 0.394 e. The third kappa shape index (κ3) is 8.00. The quantitative estimate of drug-likeness (QED) is 0.345. The molecule has 0 aliphatic rings. The van der Waals surface area contributed by atoms with Crippen molar-refractivity contribution in [2.75, 3.05) is 0 Å². The number of unbranched alkanes of at least 4 members (excludes halogenated alkanes) is 6. The molecule has 0 rings (SSSR count). The second-order valence-electron chi connectivity index (χ2n) is 4.36. The third-order valence-electron chi connectivity index (χ3n) is 2.56. The van der Waals surface area contributed by atoms with Crippen LogP contribution in [0.1, 0.15) is 58.3 Å². The first-order chi connectivity index (χ1) is 8.70. The highest BCUT2D eigenvalue weighted by Gasteiger charge is 2.61. The van der Waals surface area contributed by atoms with Crippen molar-refractivity contribution in [1.82, 2.24) is 0 Å². The van der Waals surface area contributed by atoms with E-state index in [1.807, 2.05) is 0 Å². The molecule has 0 fully saturated rings. The second kappa shape index (κ2) is 8.32. The Bertz CT molecular complexity index is 263. The average Bonchev–Trinajstić information content (AvgIpc) is 2.25. The molecule has 0 saturated heterocycles. The molecule has 0 aliphatic heterocycles. The molecule has 0 radical (unpaired) electrons. The van der Waals surface area contributed by atoms with Gasteiger partial charge in [-0.3, -0.25) is 4.79 Å². The molecule has 2 nitrogen and oxygen atoms in total. The number of carbonyl (C=O) groups is 1. The van der Waals surface area contributed by atoms with E-state index in [0.717, 1.165) is 32.1 Å². The molecule has 0 spiro atoms. The molecule has 0 bridgehead atoms.